The molecular weight excluding hydrogens is 1070 g/mol. The van der Waals surface area contributed by atoms with Gasteiger partial charge in [-0.25, -0.2) is 9.59 Å². The van der Waals surface area contributed by atoms with Crippen molar-refractivity contribution in [3.63, 3.8) is 0 Å². The van der Waals surface area contributed by atoms with Crippen molar-refractivity contribution in [3.05, 3.63) is 127 Å². The van der Waals surface area contributed by atoms with Crippen LogP contribution < -0.4 is 5.73 Å². The van der Waals surface area contributed by atoms with Crippen molar-refractivity contribution >= 4 is 116 Å². The van der Waals surface area contributed by atoms with E-state index in [0.717, 1.165) is 102 Å². The first-order chi connectivity index (χ1) is 28.4. The summed E-state index contributed by atoms with van der Waals surface area (Å²) < 4.78 is 14.1. The zero-order valence-corrected chi connectivity index (χ0v) is 40.6. The standard InChI is InChI=1S/C22H22Br2ClN3O2.C22H21Br2ClN2O2.CH4/c1-2-30-22(29)28-7-5-12(6-8-28)18-16-10-17(26)20(25)19(24)15(16)4-3-13-9-14(23)11-27-21(13)18;1-2-29-22(28)27-9-7-13(8-10-27)19-16-5-6-18(25)20(24)17(16)4-3-14-11-15(23)12-26-21(14)19;/h9-11H,2-8,26H2,1H3;5-6,11-12H,2-4,7-10H2,1H3;1H4. The second kappa shape index (κ2) is 20.5. The van der Waals surface area contributed by atoms with Crippen molar-refractivity contribution in [2.75, 3.05) is 45.1 Å². The molecule has 318 valence electrons. The van der Waals surface area contributed by atoms with Gasteiger partial charge in [0.1, 0.15) is 0 Å². The number of carbonyl (C=O) groups excluding carboxylic acids is 2. The van der Waals surface area contributed by atoms with Crippen molar-refractivity contribution in [2.24, 2.45) is 0 Å². The van der Waals surface area contributed by atoms with E-state index in [2.05, 4.69) is 81.9 Å². The number of nitrogens with zero attached hydrogens (tertiary/aromatic N) is 4. The maximum Gasteiger partial charge on any atom is 0.409 e. The molecule has 2 N–H and O–H groups in total. The van der Waals surface area contributed by atoms with Gasteiger partial charge in [0.25, 0.3) is 0 Å². The third-order valence-electron chi connectivity index (χ3n) is 11.2. The number of ether oxygens (including phenoxy) is 2. The molecule has 0 atom stereocenters. The van der Waals surface area contributed by atoms with Crippen LogP contribution in [0.5, 0.6) is 0 Å². The lowest BCUT2D eigenvalue weighted by Crippen LogP contribution is -2.37. The van der Waals surface area contributed by atoms with Crippen molar-refractivity contribution in [3.8, 4) is 0 Å². The molecule has 15 heteroatoms. The van der Waals surface area contributed by atoms with Gasteiger partial charge in [-0.05, 0) is 187 Å². The van der Waals surface area contributed by atoms with E-state index in [9.17, 15) is 9.59 Å². The number of likely N-dealkylation sites (tertiary alicyclic amines) is 2. The minimum absolute atomic E-state index is 0. The van der Waals surface area contributed by atoms with Crippen molar-refractivity contribution < 1.29 is 19.1 Å². The Morgan fingerprint density at radius 3 is 1.58 bits per heavy atom. The highest BCUT2D eigenvalue weighted by atomic mass is 79.9. The van der Waals surface area contributed by atoms with Crippen LogP contribution in [0, 0.1) is 0 Å². The Balaban J connectivity index is 0.000000198. The van der Waals surface area contributed by atoms with E-state index in [4.69, 9.17) is 48.4 Å². The van der Waals surface area contributed by atoms with Gasteiger partial charge in [-0.3, -0.25) is 9.97 Å². The molecule has 2 aliphatic heterocycles. The number of pyridine rings is 2. The number of nitrogen functional groups attached to an aromatic ring is 1. The van der Waals surface area contributed by atoms with E-state index in [0.29, 0.717) is 50.1 Å². The van der Waals surface area contributed by atoms with E-state index in [1.807, 2.05) is 38.4 Å². The fourth-order valence-electron chi connectivity index (χ4n) is 8.35. The summed E-state index contributed by atoms with van der Waals surface area (Å²) in [4.78, 5) is 37.4. The third kappa shape index (κ3) is 9.81. The minimum Gasteiger partial charge on any atom is -0.450 e. The number of nitrogens with two attached hydrogens (primary N) is 1. The Bertz CT molecular complexity index is 2370. The predicted octanol–water partition coefficient (Wildman–Crippen LogP) is 13.0. The zero-order valence-electron chi connectivity index (χ0n) is 32.7. The molecule has 9 nitrogen and oxygen atoms in total. The first-order valence-electron chi connectivity index (χ1n) is 19.7. The van der Waals surface area contributed by atoms with Gasteiger partial charge >= 0.3 is 12.2 Å². The second-order valence-electron chi connectivity index (χ2n) is 14.7. The average molecular weight is 1110 g/mol. The summed E-state index contributed by atoms with van der Waals surface area (Å²) in [5.41, 5.74) is 20.8. The van der Waals surface area contributed by atoms with E-state index in [1.54, 1.807) is 9.80 Å². The Hall–Kier alpha value is -2.94. The highest BCUT2D eigenvalue weighted by molar-refractivity contribution is 9.11. The smallest absolute Gasteiger partial charge is 0.409 e. The summed E-state index contributed by atoms with van der Waals surface area (Å²) in [6.45, 7) is 7.02. The lowest BCUT2D eigenvalue weighted by molar-refractivity contribution is 0.103. The van der Waals surface area contributed by atoms with Gasteiger partial charge < -0.3 is 25.0 Å². The highest BCUT2D eigenvalue weighted by Gasteiger charge is 2.31. The molecule has 0 unspecified atom stereocenters. The zero-order chi connectivity index (χ0) is 42.0. The molecule has 2 aromatic carbocycles. The highest BCUT2D eigenvalue weighted by Crippen LogP contribution is 2.45. The monoisotopic (exact) mass is 1110 g/mol. The second-order valence-corrected chi connectivity index (χ2v) is 18.9. The number of benzene rings is 2. The quantitative estimate of drug-likeness (QED) is 0.199. The molecule has 2 aliphatic carbocycles. The minimum atomic E-state index is -0.246. The molecular formula is C45H47Br4Cl2N5O4. The molecule has 4 heterocycles. The number of carbonyl (C=O) groups is 2. The molecule has 8 rings (SSSR count). The molecule has 0 saturated carbocycles. The molecule has 2 saturated heterocycles. The van der Waals surface area contributed by atoms with Gasteiger partial charge in [0.15, 0.2) is 0 Å². The van der Waals surface area contributed by atoms with Crippen LogP contribution >= 0.6 is 86.9 Å². The number of piperidine rings is 2. The number of fused-ring (bicyclic) bond motifs is 4. The molecule has 4 aromatic rings. The van der Waals surface area contributed by atoms with Gasteiger partial charge in [-0.2, -0.15) is 0 Å². The summed E-state index contributed by atoms with van der Waals surface area (Å²) in [6.07, 6.45) is 9.89. The van der Waals surface area contributed by atoms with E-state index in [1.165, 1.54) is 39.0 Å². The Morgan fingerprint density at radius 2 is 1.12 bits per heavy atom. The number of hydrogen-bond donors (Lipinski definition) is 1. The number of amides is 2. The molecule has 2 fully saturated rings. The van der Waals surface area contributed by atoms with Crippen LogP contribution in [0.25, 0.3) is 11.1 Å². The lowest BCUT2D eigenvalue weighted by Gasteiger charge is -2.29. The van der Waals surface area contributed by atoms with Gasteiger partial charge in [0, 0.05) is 67.6 Å². The number of anilines is 1. The van der Waals surface area contributed by atoms with Crippen LogP contribution in [0.4, 0.5) is 15.3 Å². The summed E-state index contributed by atoms with van der Waals surface area (Å²) in [7, 11) is 0. The van der Waals surface area contributed by atoms with Gasteiger partial charge in [0.2, 0.25) is 0 Å². The maximum atomic E-state index is 12.1. The SMILES string of the molecule is C.CCOC(=O)N1CCC(=C2c3cc(N)c(Cl)c(Br)c3CCc3cc(Br)cnc32)CC1.CCOC(=O)N1CCC(=C2c3ccc(Cl)c(Br)c3CCc3cc(Br)cnc32)CC1. The molecule has 60 heavy (non-hydrogen) atoms. The van der Waals surface area contributed by atoms with E-state index >= 15 is 0 Å². The van der Waals surface area contributed by atoms with Gasteiger partial charge in [-0.15, -0.1) is 0 Å². The summed E-state index contributed by atoms with van der Waals surface area (Å²) in [5.74, 6) is 0. The molecule has 0 spiro atoms. The first kappa shape index (κ1) is 46.6. The molecule has 2 aromatic heterocycles. The number of aryl methyl sites for hydroxylation is 2. The number of hydrogen-bond acceptors (Lipinski definition) is 7. The average Bonchev–Trinajstić information content (AvgIpc) is 3.49. The van der Waals surface area contributed by atoms with Crippen molar-refractivity contribution in [1.29, 1.82) is 0 Å². The number of halogens is 6. The van der Waals surface area contributed by atoms with Gasteiger partial charge in [-0.1, -0.05) is 47.8 Å². The maximum absolute atomic E-state index is 12.1. The largest absolute Gasteiger partial charge is 0.450 e. The van der Waals surface area contributed by atoms with Crippen LogP contribution in [0.2, 0.25) is 10.0 Å². The van der Waals surface area contributed by atoms with Crippen LogP contribution in [0.3, 0.4) is 0 Å². The van der Waals surface area contributed by atoms with Crippen molar-refractivity contribution in [2.45, 2.75) is 72.6 Å². The molecule has 4 aliphatic rings. The first-order valence-corrected chi connectivity index (χ1v) is 23.6. The Morgan fingerprint density at radius 1 is 0.667 bits per heavy atom. The van der Waals surface area contributed by atoms with Crippen LogP contribution in [-0.4, -0.2) is 71.3 Å². The van der Waals surface area contributed by atoms with Crippen LogP contribution in [0.1, 0.15) is 91.7 Å². The fraction of sp³-hybridized carbons (Fsp3) is 0.378. The van der Waals surface area contributed by atoms with E-state index < -0.39 is 0 Å². The lowest BCUT2D eigenvalue weighted by atomic mass is 9.88. The van der Waals surface area contributed by atoms with E-state index in [-0.39, 0.29) is 19.6 Å². The summed E-state index contributed by atoms with van der Waals surface area (Å²) in [5, 5.41) is 1.28. The predicted molar refractivity (Wildman–Crippen MR) is 256 cm³/mol. The van der Waals surface area contributed by atoms with Crippen LogP contribution in [-0.2, 0) is 35.2 Å². The van der Waals surface area contributed by atoms with Gasteiger partial charge in [0.05, 0.1) is 40.3 Å². The van der Waals surface area contributed by atoms with Crippen molar-refractivity contribution in [1.82, 2.24) is 19.8 Å². The number of rotatable bonds is 2. The Kier molecular flexibility index (Phi) is 15.9. The topological polar surface area (TPSA) is 111 Å². The summed E-state index contributed by atoms with van der Waals surface area (Å²) in [6, 6.07) is 10.3. The molecule has 2 amide bonds. The third-order valence-corrected chi connectivity index (χ3v) is 15.0. The Labute approximate surface area is 396 Å². The normalized spacial score (nSPS) is 15.9. The van der Waals surface area contributed by atoms with Crippen LogP contribution in [0.15, 0.2) is 71.8 Å². The fourth-order valence-corrected chi connectivity index (χ4v) is 10.6. The summed E-state index contributed by atoms with van der Waals surface area (Å²) >= 11 is 27.4. The molecule has 0 radical (unpaired) electrons. The number of aromatic nitrogens is 2. The molecule has 0 bridgehead atoms.